The van der Waals surface area contributed by atoms with Gasteiger partial charge in [0, 0.05) is 12.8 Å². The molecular weight excluding hydrogens is 99.0 g/mol. The third kappa shape index (κ3) is 1.81. The van der Waals surface area contributed by atoms with Crippen molar-refractivity contribution in [1.29, 1.82) is 0 Å². The Bertz CT molecular complexity index is 110. The number of rotatable bonds is 0. The largest absolute Gasteiger partial charge is 1.00 e. The van der Waals surface area contributed by atoms with E-state index in [2.05, 4.69) is 0 Å². The van der Waals surface area contributed by atoms with Gasteiger partial charge in [-0.25, -0.2) is 0 Å². The van der Waals surface area contributed by atoms with Gasteiger partial charge < -0.3 is 1.43 Å². The Morgan fingerprint density at radius 1 is 1.12 bits per heavy atom. The summed E-state index contributed by atoms with van der Waals surface area (Å²) in [5, 5.41) is 0. The van der Waals surface area contributed by atoms with Gasteiger partial charge in [0.15, 0.2) is 0 Å². The Morgan fingerprint density at radius 2 is 1.50 bits per heavy atom. The molecule has 1 saturated carbocycles. The number of ketones is 2. The summed E-state index contributed by atoms with van der Waals surface area (Å²) in [4.78, 5) is 20.5. The van der Waals surface area contributed by atoms with Crippen LogP contribution < -0.4 is 18.9 Å². The van der Waals surface area contributed by atoms with Gasteiger partial charge >= 0.3 is 18.9 Å². The zero-order valence-electron chi connectivity index (χ0n) is 5.94. The molecule has 3 heteroatoms. The second kappa shape index (κ2) is 3.06. The van der Waals surface area contributed by atoms with E-state index in [4.69, 9.17) is 0 Å². The van der Waals surface area contributed by atoms with Crippen molar-refractivity contribution in [1.82, 2.24) is 0 Å². The molecule has 40 valence electrons. The normalized spacial score (nSPS) is 18.5. The molecular formula is C5H7LiO2. The van der Waals surface area contributed by atoms with Crippen LogP contribution in [-0.2, 0) is 9.59 Å². The predicted molar refractivity (Wildman–Crippen MR) is 25.0 cm³/mol. The second-order valence-corrected chi connectivity index (χ2v) is 1.75. The van der Waals surface area contributed by atoms with Gasteiger partial charge in [0.05, 0.1) is 6.42 Å². The summed E-state index contributed by atoms with van der Waals surface area (Å²) in [6.45, 7) is 0. The first-order valence-electron chi connectivity index (χ1n) is 2.32. The van der Waals surface area contributed by atoms with Gasteiger partial charge in [0.25, 0.3) is 0 Å². The first-order valence-corrected chi connectivity index (χ1v) is 2.32. The SMILES string of the molecule is O=C1CCC(=O)C1.[H-].[Li+]. The number of hydrogen-bond acceptors (Lipinski definition) is 2. The Balaban J connectivity index is 0. The van der Waals surface area contributed by atoms with Crippen LogP contribution in [0, 0.1) is 0 Å². The molecule has 1 fully saturated rings. The molecule has 0 N–H and O–H groups in total. The summed E-state index contributed by atoms with van der Waals surface area (Å²) < 4.78 is 0. The molecule has 2 nitrogen and oxygen atoms in total. The molecule has 0 bridgehead atoms. The second-order valence-electron chi connectivity index (χ2n) is 1.75. The predicted octanol–water partition coefficient (Wildman–Crippen LogP) is -2.57. The topological polar surface area (TPSA) is 34.1 Å². The van der Waals surface area contributed by atoms with Crippen LogP contribution in [0.25, 0.3) is 0 Å². The Morgan fingerprint density at radius 3 is 1.62 bits per heavy atom. The minimum absolute atomic E-state index is 0. The molecule has 1 aliphatic rings. The molecule has 0 amide bonds. The smallest absolute Gasteiger partial charge is 1.00 e. The minimum Gasteiger partial charge on any atom is -1.00 e. The van der Waals surface area contributed by atoms with Gasteiger partial charge in [-0.3, -0.25) is 9.59 Å². The van der Waals surface area contributed by atoms with Gasteiger partial charge in [-0.05, 0) is 0 Å². The van der Waals surface area contributed by atoms with Gasteiger partial charge in [-0.1, -0.05) is 0 Å². The van der Waals surface area contributed by atoms with E-state index in [1.807, 2.05) is 0 Å². The summed E-state index contributed by atoms with van der Waals surface area (Å²) >= 11 is 0. The molecule has 0 radical (unpaired) electrons. The van der Waals surface area contributed by atoms with E-state index in [0.29, 0.717) is 12.8 Å². The van der Waals surface area contributed by atoms with E-state index in [0.717, 1.165) is 0 Å². The average Bonchev–Trinajstić information content (AvgIpc) is 1.87. The van der Waals surface area contributed by atoms with Gasteiger partial charge in [-0.2, -0.15) is 0 Å². The molecule has 0 unspecified atom stereocenters. The molecule has 8 heavy (non-hydrogen) atoms. The molecule has 0 spiro atoms. The van der Waals surface area contributed by atoms with Crippen LogP contribution in [0.2, 0.25) is 0 Å². The molecule has 0 aromatic heterocycles. The van der Waals surface area contributed by atoms with Crippen molar-refractivity contribution in [3.63, 3.8) is 0 Å². The van der Waals surface area contributed by atoms with Crippen LogP contribution >= 0.6 is 0 Å². The van der Waals surface area contributed by atoms with E-state index < -0.39 is 0 Å². The molecule has 0 saturated heterocycles. The fraction of sp³-hybridized carbons (Fsp3) is 0.600. The molecule has 1 aliphatic carbocycles. The van der Waals surface area contributed by atoms with Crippen LogP contribution in [0.15, 0.2) is 0 Å². The number of hydrogen-bond donors (Lipinski definition) is 0. The van der Waals surface area contributed by atoms with Crippen molar-refractivity contribution >= 4 is 11.6 Å². The minimum atomic E-state index is 0. The van der Waals surface area contributed by atoms with E-state index >= 15 is 0 Å². The molecule has 1 rings (SSSR count). The summed E-state index contributed by atoms with van der Waals surface area (Å²) in [7, 11) is 0. The summed E-state index contributed by atoms with van der Waals surface area (Å²) in [6.07, 6.45) is 1.16. The molecule has 0 aromatic rings. The third-order valence-corrected chi connectivity index (χ3v) is 1.08. The summed E-state index contributed by atoms with van der Waals surface area (Å²) in [5.74, 6) is 0.204. The van der Waals surface area contributed by atoms with E-state index in [1.165, 1.54) is 0 Å². The number of carbonyl (C=O) groups excluding carboxylic acids is 2. The van der Waals surface area contributed by atoms with Crippen molar-refractivity contribution < 1.29 is 29.9 Å². The van der Waals surface area contributed by atoms with Gasteiger partial charge in [0.1, 0.15) is 11.6 Å². The summed E-state index contributed by atoms with van der Waals surface area (Å²) in [5.41, 5.74) is 0. The molecule has 0 aromatic carbocycles. The van der Waals surface area contributed by atoms with Crippen molar-refractivity contribution in [2.75, 3.05) is 0 Å². The van der Waals surface area contributed by atoms with E-state index in [9.17, 15) is 9.59 Å². The van der Waals surface area contributed by atoms with Crippen molar-refractivity contribution in [3.8, 4) is 0 Å². The zero-order chi connectivity index (χ0) is 5.28. The van der Waals surface area contributed by atoms with Crippen LogP contribution in [-0.4, -0.2) is 11.6 Å². The van der Waals surface area contributed by atoms with E-state index in [-0.39, 0.29) is 38.3 Å². The zero-order valence-corrected chi connectivity index (χ0v) is 4.94. The maximum absolute atomic E-state index is 10.2. The maximum Gasteiger partial charge on any atom is 1.00 e. The first kappa shape index (κ1) is 7.94. The van der Waals surface area contributed by atoms with Crippen LogP contribution in [0.4, 0.5) is 0 Å². The van der Waals surface area contributed by atoms with Gasteiger partial charge in [-0.15, -0.1) is 0 Å². The number of carbonyl (C=O) groups is 2. The fourth-order valence-electron chi connectivity index (χ4n) is 0.676. The molecule has 0 atom stereocenters. The van der Waals surface area contributed by atoms with E-state index in [1.54, 1.807) is 0 Å². The maximum atomic E-state index is 10.2. The fourth-order valence-corrected chi connectivity index (χ4v) is 0.676. The monoisotopic (exact) mass is 106 g/mol. The standard InChI is InChI=1S/C5H6O2.Li.H/c6-4-1-2-5(7)3-4;;/h1-3H2;;/q;+1;-1. The van der Waals surface area contributed by atoms with Crippen molar-refractivity contribution in [2.24, 2.45) is 0 Å². The Kier molecular flexibility index (Phi) is 3.04. The molecule has 0 aliphatic heterocycles. The summed E-state index contributed by atoms with van der Waals surface area (Å²) in [6, 6.07) is 0. The Labute approximate surface area is 61.3 Å². The van der Waals surface area contributed by atoms with Crippen LogP contribution in [0.3, 0.4) is 0 Å². The Hall–Kier alpha value is -0.0626. The van der Waals surface area contributed by atoms with Gasteiger partial charge in [0.2, 0.25) is 0 Å². The van der Waals surface area contributed by atoms with Crippen molar-refractivity contribution in [3.05, 3.63) is 0 Å². The average molecular weight is 106 g/mol. The van der Waals surface area contributed by atoms with Crippen molar-refractivity contribution in [2.45, 2.75) is 19.3 Å². The number of Topliss-reactive ketones (excluding diaryl/α,β-unsaturated/α-hetero) is 2. The van der Waals surface area contributed by atoms with Crippen LogP contribution in [0.5, 0.6) is 0 Å². The quantitative estimate of drug-likeness (QED) is 0.251. The molecule has 0 heterocycles. The van der Waals surface area contributed by atoms with Crippen LogP contribution in [0.1, 0.15) is 20.7 Å². The third-order valence-electron chi connectivity index (χ3n) is 1.08. The first-order chi connectivity index (χ1) is 3.29.